The van der Waals surface area contributed by atoms with E-state index in [1.54, 1.807) is 30.8 Å². The first-order chi connectivity index (χ1) is 15.2. The largest absolute Gasteiger partial charge is 0.477 e. The number of amides is 1. The van der Waals surface area contributed by atoms with E-state index in [0.29, 0.717) is 23.7 Å². The molecule has 1 heterocycles. The summed E-state index contributed by atoms with van der Waals surface area (Å²) in [6.45, 7) is 5.70. The molecule has 0 fully saturated rings. The van der Waals surface area contributed by atoms with E-state index in [1.807, 2.05) is 6.92 Å². The van der Waals surface area contributed by atoms with E-state index >= 15 is 0 Å². The Balaban J connectivity index is 2.26. The van der Waals surface area contributed by atoms with Crippen molar-refractivity contribution >= 4 is 41.3 Å². The minimum atomic E-state index is -0.881. The number of esters is 1. The molecule has 0 bridgehead atoms. The summed E-state index contributed by atoms with van der Waals surface area (Å²) in [4.78, 5) is 23.1. The van der Waals surface area contributed by atoms with Crippen LogP contribution in [0.15, 0.2) is 18.2 Å². The van der Waals surface area contributed by atoms with Crippen LogP contribution in [0.5, 0.6) is 17.4 Å². The number of rotatable bonds is 9. The van der Waals surface area contributed by atoms with Gasteiger partial charge in [-0.2, -0.15) is 5.10 Å². The van der Waals surface area contributed by atoms with Gasteiger partial charge >= 0.3 is 12.1 Å². The lowest BCUT2D eigenvalue weighted by atomic mass is 10.2. The Hall–Kier alpha value is -2.91. The molecule has 0 saturated heterocycles. The number of halogens is 2. The number of aromatic nitrogens is 2. The summed E-state index contributed by atoms with van der Waals surface area (Å²) in [5, 5.41) is 7.35. The van der Waals surface area contributed by atoms with Crippen LogP contribution in [-0.2, 0) is 21.3 Å². The molecule has 1 atom stereocenters. The van der Waals surface area contributed by atoms with Crippen LogP contribution in [-0.4, -0.2) is 48.2 Å². The van der Waals surface area contributed by atoms with Crippen molar-refractivity contribution in [1.29, 1.82) is 0 Å². The highest BCUT2D eigenvalue weighted by Gasteiger charge is 2.20. The Kier molecular flexibility index (Phi) is 9.22. The number of ether oxygens (including phenoxy) is 4. The number of alkyl carbamates (subject to hydrolysis) is 1. The average Bonchev–Trinajstić information content (AvgIpc) is 3.00. The van der Waals surface area contributed by atoms with Crippen molar-refractivity contribution in [2.45, 2.75) is 26.9 Å². The Labute approximate surface area is 196 Å². The average molecular weight is 486 g/mol. The second-order valence-corrected chi connectivity index (χ2v) is 7.37. The molecule has 0 aliphatic carbocycles. The molecule has 0 radical (unpaired) electrons. The van der Waals surface area contributed by atoms with Crippen LogP contribution in [0.25, 0.3) is 6.08 Å². The van der Waals surface area contributed by atoms with Gasteiger partial charge in [-0.25, -0.2) is 14.3 Å². The van der Waals surface area contributed by atoms with Crippen molar-refractivity contribution in [3.8, 4) is 17.4 Å². The number of nitrogens with one attached hydrogen (secondary N) is 1. The molecule has 1 amide bonds. The lowest BCUT2D eigenvalue weighted by molar-refractivity contribution is -0.147. The van der Waals surface area contributed by atoms with Crippen LogP contribution in [0, 0.1) is 6.92 Å². The number of hydrogen-bond acceptors (Lipinski definition) is 7. The highest BCUT2D eigenvalue weighted by Crippen LogP contribution is 2.39. The summed E-state index contributed by atoms with van der Waals surface area (Å²) in [5.74, 6) is 0.297. The molecular weight excluding hydrogens is 461 g/mol. The third-order valence-corrected chi connectivity index (χ3v) is 4.75. The van der Waals surface area contributed by atoms with Crippen molar-refractivity contribution in [1.82, 2.24) is 15.1 Å². The molecule has 0 spiro atoms. The number of carbonyl (C=O) groups is 2. The fourth-order valence-electron chi connectivity index (χ4n) is 2.64. The maximum atomic E-state index is 11.7. The maximum Gasteiger partial charge on any atom is 0.407 e. The van der Waals surface area contributed by atoms with Crippen molar-refractivity contribution in [2.24, 2.45) is 7.05 Å². The first-order valence-electron chi connectivity index (χ1n) is 9.70. The first-order valence-corrected chi connectivity index (χ1v) is 10.5. The van der Waals surface area contributed by atoms with Crippen molar-refractivity contribution in [3.05, 3.63) is 39.5 Å². The highest BCUT2D eigenvalue weighted by molar-refractivity contribution is 6.36. The van der Waals surface area contributed by atoms with E-state index in [2.05, 4.69) is 15.2 Å². The van der Waals surface area contributed by atoms with Gasteiger partial charge in [-0.3, -0.25) is 0 Å². The first kappa shape index (κ1) is 25.4. The zero-order valence-electron chi connectivity index (χ0n) is 18.4. The van der Waals surface area contributed by atoms with Gasteiger partial charge in [0.25, 0.3) is 0 Å². The summed E-state index contributed by atoms with van der Waals surface area (Å²) in [6, 6.07) is 2.94. The third-order valence-electron chi connectivity index (χ3n) is 4.16. The standard InChI is InChI=1S/C21H25Cl2N3O6/c1-6-24-21(28)30-9-7-8-14-12(2)25-26(4)19(14)32-18-11-17(15(22)10-16(18)23)31-13(3)20(27)29-5/h7-8,10-11,13H,6,9H2,1-5H3,(H,24,28)/t13-/m0/s1. The molecule has 0 unspecified atom stereocenters. The second kappa shape index (κ2) is 11.6. The SMILES string of the molecule is CCNC(=O)OCC=Cc1c(C)nn(C)c1Oc1cc(O[C@@H](C)C(=O)OC)c(Cl)cc1Cl. The molecule has 11 heteroatoms. The molecule has 0 aliphatic rings. The number of carbonyl (C=O) groups excluding carboxylic acids is 2. The van der Waals surface area contributed by atoms with Gasteiger partial charge in [0.2, 0.25) is 5.88 Å². The van der Waals surface area contributed by atoms with Crippen molar-refractivity contribution < 1.29 is 28.5 Å². The van der Waals surface area contributed by atoms with Crippen LogP contribution in [0.2, 0.25) is 10.0 Å². The van der Waals surface area contributed by atoms with Crippen molar-refractivity contribution in [3.63, 3.8) is 0 Å². The second-order valence-electron chi connectivity index (χ2n) is 6.56. The zero-order chi connectivity index (χ0) is 23.8. The normalized spacial score (nSPS) is 11.8. The summed E-state index contributed by atoms with van der Waals surface area (Å²) in [7, 11) is 2.98. The molecule has 1 aromatic heterocycles. The fraction of sp³-hybridized carbons (Fsp3) is 0.381. The van der Waals surface area contributed by atoms with E-state index in [0.717, 1.165) is 0 Å². The van der Waals surface area contributed by atoms with Crippen LogP contribution in [0.4, 0.5) is 4.79 Å². The molecule has 1 aromatic carbocycles. The molecule has 32 heavy (non-hydrogen) atoms. The summed E-state index contributed by atoms with van der Waals surface area (Å²) in [6.07, 6.45) is 2.02. The Bertz CT molecular complexity index is 1010. The summed E-state index contributed by atoms with van der Waals surface area (Å²) in [5.41, 5.74) is 1.36. The van der Waals surface area contributed by atoms with Crippen LogP contribution in [0.1, 0.15) is 25.1 Å². The van der Waals surface area contributed by atoms with Crippen LogP contribution in [0.3, 0.4) is 0 Å². The number of hydrogen-bond donors (Lipinski definition) is 1. The van der Waals surface area contributed by atoms with Gasteiger partial charge in [0.1, 0.15) is 12.4 Å². The Morgan fingerprint density at radius 2 is 1.94 bits per heavy atom. The Morgan fingerprint density at radius 3 is 2.59 bits per heavy atom. The number of nitrogens with zero attached hydrogens (tertiary/aromatic N) is 2. The fourth-order valence-corrected chi connectivity index (χ4v) is 3.11. The number of benzene rings is 1. The smallest absolute Gasteiger partial charge is 0.407 e. The highest BCUT2D eigenvalue weighted by atomic mass is 35.5. The van der Waals surface area contributed by atoms with Gasteiger partial charge in [0, 0.05) is 19.7 Å². The van der Waals surface area contributed by atoms with Gasteiger partial charge in [-0.1, -0.05) is 23.2 Å². The van der Waals surface area contributed by atoms with E-state index in [4.69, 9.17) is 37.4 Å². The van der Waals surface area contributed by atoms with E-state index < -0.39 is 18.2 Å². The van der Waals surface area contributed by atoms with E-state index in [1.165, 1.54) is 26.2 Å². The minimum Gasteiger partial charge on any atom is -0.477 e. The van der Waals surface area contributed by atoms with Gasteiger partial charge in [0.15, 0.2) is 11.9 Å². The van der Waals surface area contributed by atoms with Gasteiger partial charge in [0.05, 0.1) is 28.4 Å². The number of aryl methyl sites for hydroxylation is 2. The molecule has 2 rings (SSSR count). The predicted octanol–water partition coefficient (Wildman–Crippen LogP) is 4.53. The van der Waals surface area contributed by atoms with E-state index in [-0.39, 0.29) is 28.2 Å². The third kappa shape index (κ3) is 6.54. The molecule has 0 saturated carbocycles. The zero-order valence-corrected chi connectivity index (χ0v) is 19.9. The van der Waals surface area contributed by atoms with Gasteiger partial charge in [-0.15, -0.1) is 0 Å². The molecule has 9 nitrogen and oxygen atoms in total. The lowest BCUT2D eigenvalue weighted by Crippen LogP contribution is -2.25. The van der Waals surface area contributed by atoms with Crippen LogP contribution < -0.4 is 14.8 Å². The molecule has 174 valence electrons. The predicted molar refractivity (Wildman–Crippen MR) is 121 cm³/mol. The lowest BCUT2D eigenvalue weighted by Gasteiger charge is -2.16. The Morgan fingerprint density at radius 1 is 1.25 bits per heavy atom. The quantitative estimate of drug-likeness (QED) is 0.520. The van der Waals surface area contributed by atoms with Gasteiger partial charge < -0.3 is 24.3 Å². The molecular formula is C21H25Cl2N3O6. The van der Waals surface area contributed by atoms with Crippen LogP contribution >= 0.6 is 23.2 Å². The number of methoxy groups -OCH3 is 1. The minimum absolute atomic E-state index is 0.0741. The van der Waals surface area contributed by atoms with Crippen molar-refractivity contribution in [2.75, 3.05) is 20.3 Å². The molecule has 0 aliphatic heterocycles. The topological polar surface area (TPSA) is 101 Å². The maximum absolute atomic E-state index is 11.7. The molecule has 2 aromatic rings. The monoisotopic (exact) mass is 485 g/mol. The summed E-state index contributed by atoms with van der Waals surface area (Å²) < 4.78 is 22.8. The van der Waals surface area contributed by atoms with Gasteiger partial charge in [-0.05, 0) is 39.0 Å². The molecule has 1 N–H and O–H groups in total. The summed E-state index contributed by atoms with van der Waals surface area (Å²) >= 11 is 12.5. The van der Waals surface area contributed by atoms with E-state index in [9.17, 15) is 9.59 Å².